The molecule has 3 heterocycles. The molecule has 0 unspecified atom stereocenters. The summed E-state index contributed by atoms with van der Waals surface area (Å²) < 4.78 is 14.4. The normalized spacial score (nSPS) is 9.59. The van der Waals surface area contributed by atoms with Crippen LogP contribution in [0.15, 0.2) is 30.9 Å². The van der Waals surface area contributed by atoms with Gasteiger partial charge in [0.1, 0.15) is 11.5 Å². The number of aromatic nitrogens is 4. The van der Waals surface area contributed by atoms with Gasteiger partial charge >= 0.3 is 0 Å². The summed E-state index contributed by atoms with van der Waals surface area (Å²) in [4.78, 5) is 12.4. The molecular weight excluding hydrogens is 279 g/mol. The number of imidazole rings is 1. The first-order valence-corrected chi connectivity index (χ1v) is 7.33. The maximum atomic E-state index is 12.7. The molecule has 0 N–H and O–H groups in total. The molecule has 0 aliphatic carbocycles. The second-order valence-electron chi connectivity index (χ2n) is 4.68. The maximum Gasteiger partial charge on any atom is 0.140 e. The third-order valence-electron chi connectivity index (χ3n) is 2.95. The van der Waals surface area contributed by atoms with Crippen molar-refractivity contribution in [3.05, 3.63) is 59.3 Å². The first-order valence-electron chi connectivity index (χ1n) is 7.33. The van der Waals surface area contributed by atoms with E-state index in [0.717, 1.165) is 28.3 Å². The summed E-state index contributed by atoms with van der Waals surface area (Å²) in [6, 6.07) is 1.47. The third kappa shape index (κ3) is 4.62. The van der Waals surface area contributed by atoms with Gasteiger partial charge in [0.25, 0.3) is 0 Å². The number of halogens is 1. The van der Waals surface area contributed by atoms with Crippen LogP contribution in [-0.2, 0) is 0 Å². The molecule has 0 bridgehead atoms. The zero-order valence-corrected chi connectivity index (χ0v) is 14.1. The van der Waals surface area contributed by atoms with Crippen molar-refractivity contribution in [1.29, 1.82) is 0 Å². The molecule has 0 saturated carbocycles. The van der Waals surface area contributed by atoms with Gasteiger partial charge in [-0.2, -0.15) is 0 Å². The summed E-state index contributed by atoms with van der Waals surface area (Å²) in [5.41, 5.74) is 4.69. The molecule has 22 heavy (non-hydrogen) atoms. The Morgan fingerprint density at radius 3 is 2.27 bits per heavy atom. The fourth-order valence-corrected chi connectivity index (χ4v) is 1.82. The van der Waals surface area contributed by atoms with Crippen LogP contribution in [0.3, 0.4) is 0 Å². The van der Waals surface area contributed by atoms with Gasteiger partial charge in [0.05, 0.1) is 17.1 Å². The van der Waals surface area contributed by atoms with Crippen LogP contribution in [0.1, 0.15) is 36.5 Å². The van der Waals surface area contributed by atoms with Crippen molar-refractivity contribution in [2.45, 2.75) is 41.5 Å². The Labute approximate surface area is 131 Å². The Morgan fingerprint density at radius 2 is 1.68 bits per heavy atom. The van der Waals surface area contributed by atoms with Crippen LogP contribution in [0.25, 0.3) is 5.65 Å². The zero-order valence-electron chi connectivity index (χ0n) is 14.1. The highest BCUT2D eigenvalue weighted by Crippen LogP contribution is 2.09. The molecule has 3 aromatic rings. The minimum atomic E-state index is -0.229. The Hall–Kier alpha value is -2.30. The van der Waals surface area contributed by atoms with Crippen LogP contribution >= 0.6 is 0 Å². The molecule has 0 saturated heterocycles. The average molecular weight is 302 g/mol. The molecule has 118 valence electrons. The molecule has 0 atom stereocenters. The minimum absolute atomic E-state index is 0.229. The fourth-order valence-electron chi connectivity index (χ4n) is 1.82. The van der Waals surface area contributed by atoms with E-state index >= 15 is 0 Å². The Kier molecular flexibility index (Phi) is 6.63. The van der Waals surface area contributed by atoms with E-state index in [4.69, 9.17) is 0 Å². The summed E-state index contributed by atoms with van der Waals surface area (Å²) in [6.07, 6.45) is 6.57. The van der Waals surface area contributed by atoms with Crippen molar-refractivity contribution in [2.24, 2.45) is 0 Å². The van der Waals surface area contributed by atoms with Crippen molar-refractivity contribution in [3.8, 4) is 0 Å². The lowest BCUT2D eigenvalue weighted by atomic mass is 10.3. The van der Waals surface area contributed by atoms with Gasteiger partial charge in [0, 0.05) is 24.8 Å². The van der Waals surface area contributed by atoms with Gasteiger partial charge in [-0.05, 0) is 39.3 Å². The smallest absolute Gasteiger partial charge is 0.140 e. The summed E-state index contributed by atoms with van der Waals surface area (Å²) in [6.45, 7) is 11.7. The Morgan fingerprint density at radius 1 is 1.00 bits per heavy atom. The van der Waals surface area contributed by atoms with Crippen molar-refractivity contribution >= 4 is 5.65 Å². The molecule has 5 heteroatoms. The highest BCUT2D eigenvalue weighted by Gasteiger charge is 1.99. The molecule has 0 aliphatic rings. The highest BCUT2D eigenvalue weighted by atomic mass is 19.1. The number of aryl methyl sites for hydroxylation is 4. The third-order valence-corrected chi connectivity index (χ3v) is 2.95. The van der Waals surface area contributed by atoms with Crippen LogP contribution in [-0.4, -0.2) is 19.4 Å². The van der Waals surface area contributed by atoms with Crippen LogP contribution in [0.4, 0.5) is 4.39 Å². The lowest BCUT2D eigenvalue weighted by Crippen LogP contribution is -1.92. The molecule has 0 spiro atoms. The van der Waals surface area contributed by atoms with E-state index in [2.05, 4.69) is 15.0 Å². The van der Waals surface area contributed by atoms with E-state index in [9.17, 15) is 4.39 Å². The molecule has 3 aromatic heterocycles. The van der Waals surface area contributed by atoms with Gasteiger partial charge in [-0.15, -0.1) is 0 Å². The predicted molar refractivity (Wildman–Crippen MR) is 87.5 cm³/mol. The largest absolute Gasteiger partial charge is 0.304 e. The lowest BCUT2D eigenvalue weighted by Gasteiger charge is -1.96. The van der Waals surface area contributed by atoms with Crippen LogP contribution in [0, 0.1) is 33.5 Å². The second-order valence-corrected chi connectivity index (χ2v) is 4.68. The van der Waals surface area contributed by atoms with Gasteiger partial charge in [-0.3, -0.25) is 9.97 Å². The quantitative estimate of drug-likeness (QED) is 0.625. The molecule has 0 fully saturated rings. The van der Waals surface area contributed by atoms with E-state index in [1.54, 1.807) is 23.0 Å². The number of rotatable bonds is 0. The van der Waals surface area contributed by atoms with E-state index in [1.807, 2.05) is 41.5 Å². The van der Waals surface area contributed by atoms with Crippen LogP contribution in [0.2, 0.25) is 0 Å². The average Bonchev–Trinajstić information content (AvgIpc) is 2.95. The number of hydrogen-bond donors (Lipinski definition) is 0. The first kappa shape index (κ1) is 17.8. The Balaban J connectivity index is 0.000000202. The van der Waals surface area contributed by atoms with E-state index in [1.165, 1.54) is 12.3 Å². The lowest BCUT2D eigenvalue weighted by molar-refractivity contribution is 0.618. The van der Waals surface area contributed by atoms with Gasteiger partial charge in [0.2, 0.25) is 0 Å². The molecule has 0 radical (unpaired) electrons. The van der Waals surface area contributed by atoms with Crippen molar-refractivity contribution in [1.82, 2.24) is 19.4 Å². The monoisotopic (exact) mass is 302 g/mol. The molecule has 3 rings (SSSR count). The van der Waals surface area contributed by atoms with E-state index < -0.39 is 0 Å². The number of pyridine rings is 1. The predicted octanol–water partition coefficient (Wildman–Crippen LogP) is 4.21. The molecule has 0 aliphatic heterocycles. The summed E-state index contributed by atoms with van der Waals surface area (Å²) in [5.74, 6) is -0.229. The van der Waals surface area contributed by atoms with Gasteiger partial charge in [0.15, 0.2) is 0 Å². The summed E-state index contributed by atoms with van der Waals surface area (Å²) in [7, 11) is 0. The SMILES string of the molecule is CC.Cc1cc(F)cn2ccnc12.Cc1cnc(C)c(C)n1. The van der Waals surface area contributed by atoms with Crippen molar-refractivity contribution in [2.75, 3.05) is 0 Å². The van der Waals surface area contributed by atoms with E-state index in [-0.39, 0.29) is 5.82 Å². The topological polar surface area (TPSA) is 43.1 Å². The molecular formula is C17H23FN4. The number of hydrogen-bond acceptors (Lipinski definition) is 3. The zero-order chi connectivity index (χ0) is 16.7. The maximum absolute atomic E-state index is 12.7. The molecule has 0 aromatic carbocycles. The van der Waals surface area contributed by atoms with Crippen molar-refractivity contribution < 1.29 is 4.39 Å². The van der Waals surface area contributed by atoms with Crippen molar-refractivity contribution in [3.63, 3.8) is 0 Å². The summed E-state index contributed by atoms with van der Waals surface area (Å²) >= 11 is 0. The van der Waals surface area contributed by atoms with E-state index in [0.29, 0.717) is 0 Å². The standard InChI is InChI=1S/C8H7FN2.C7H10N2.C2H6/c1-6-4-7(9)5-11-3-2-10-8(6)11;1-5-4-8-6(2)7(3)9-5;1-2/h2-5H,1H3;4H,1-3H3;1-2H3. The highest BCUT2D eigenvalue weighted by molar-refractivity contribution is 5.46. The summed E-state index contributed by atoms with van der Waals surface area (Å²) in [5, 5.41) is 0. The first-order chi connectivity index (χ1) is 10.5. The van der Waals surface area contributed by atoms with Crippen LogP contribution in [0.5, 0.6) is 0 Å². The molecule has 0 amide bonds. The minimum Gasteiger partial charge on any atom is -0.304 e. The van der Waals surface area contributed by atoms with Gasteiger partial charge < -0.3 is 4.40 Å². The van der Waals surface area contributed by atoms with Gasteiger partial charge in [-0.1, -0.05) is 13.8 Å². The number of nitrogens with zero attached hydrogens (tertiary/aromatic N) is 4. The fraction of sp³-hybridized carbons (Fsp3) is 0.353. The number of fused-ring (bicyclic) bond motifs is 1. The Bertz CT molecular complexity index is 735. The molecule has 4 nitrogen and oxygen atoms in total. The van der Waals surface area contributed by atoms with Crippen LogP contribution < -0.4 is 0 Å². The van der Waals surface area contributed by atoms with Gasteiger partial charge in [-0.25, -0.2) is 9.37 Å². The second kappa shape index (κ2) is 8.22.